The first-order valence-corrected chi connectivity index (χ1v) is 5.08. The van der Waals surface area contributed by atoms with E-state index in [1.165, 1.54) is 12.1 Å². The standard InChI is InChI=1S/C11H10FN5/c1-16-5-4-10(15-16)17-9-6-7(12)2-3-8(9)14-11(17)13/h2-6H,1H3,(H2,13,14). The van der Waals surface area contributed by atoms with Crippen LogP contribution in [0.4, 0.5) is 10.3 Å². The maximum Gasteiger partial charge on any atom is 0.207 e. The van der Waals surface area contributed by atoms with Crippen LogP contribution in [0, 0.1) is 5.82 Å². The lowest BCUT2D eigenvalue weighted by Gasteiger charge is -2.01. The molecule has 0 unspecified atom stereocenters. The van der Waals surface area contributed by atoms with Crippen LogP contribution in [0.5, 0.6) is 0 Å². The van der Waals surface area contributed by atoms with Crippen molar-refractivity contribution in [2.45, 2.75) is 0 Å². The Kier molecular flexibility index (Phi) is 1.91. The van der Waals surface area contributed by atoms with E-state index in [-0.39, 0.29) is 5.82 Å². The van der Waals surface area contributed by atoms with E-state index in [9.17, 15) is 4.39 Å². The minimum Gasteiger partial charge on any atom is -0.369 e. The summed E-state index contributed by atoms with van der Waals surface area (Å²) in [6.07, 6.45) is 1.79. The van der Waals surface area contributed by atoms with E-state index in [4.69, 9.17) is 5.73 Å². The number of hydrogen-bond donors (Lipinski definition) is 1. The highest BCUT2D eigenvalue weighted by atomic mass is 19.1. The predicted molar refractivity (Wildman–Crippen MR) is 62.2 cm³/mol. The average molecular weight is 231 g/mol. The number of rotatable bonds is 1. The Morgan fingerprint density at radius 2 is 2.12 bits per heavy atom. The molecule has 0 fully saturated rings. The number of imidazole rings is 1. The summed E-state index contributed by atoms with van der Waals surface area (Å²) in [6, 6.07) is 6.15. The van der Waals surface area contributed by atoms with Crippen molar-refractivity contribution in [2.24, 2.45) is 7.05 Å². The summed E-state index contributed by atoms with van der Waals surface area (Å²) in [4.78, 5) is 4.16. The maximum atomic E-state index is 13.2. The number of benzene rings is 1. The van der Waals surface area contributed by atoms with Gasteiger partial charge in [-0.3, -0.25) is 9.25 Å². The number of fused-ring (bicyclic) bond motifs is 1. The molecule has 0 saturated heterocycles. The highest BCUT2D eigenvalue weighted by Crippen LogP contribution is 2.22. The van der Waals surface area contributed by atoms with E-state index in [0.29, 0.717) is 22.8 Å². The number of nitrogens with zero attached hydrogens (tertiary/aromatic N) is 4. The lowest BCUT2D eigenvalue weighted by atomic mass is 10.3. The van der Waals surface area contributed by atoms with Crippen molar-refractivity contribution in [1.82, 2.24) is 19.3 Å². The van der Waals surface area contributed by atoms with Gasteiger partial charge in [0.15, 0.2) is 5.82 Å². The molecule has 0 saturated carbocycles. The Morgan fingerprint density at radius 3 is 2.82 bits per heavy atom. The molecule has 5 nitrogen and oxygen atoms in total. The Morgan fingerprint density at radius 1 is 1.29 bits per heavy atom. The molecular formula is C11H10FN5. The normalized spacial score (nSPS) is 11.2. The van der Waals surface area contributed by atoms with E-state index >= 15 is 0 Å². The van der Waals surface area contributed by atoms with Gasteiger partial charge in [0.2, 0.25) is 5.95 Å². The molecule has 2 N–H and O–H groups in total. The van der Waals surface area contributed by atoms with Crippen LogP contribution in [-0.2, 0) is 7.05 Å². The van der Waals surface area contributed by atoms with Gasteiger partial charge in [-0.05, 0) is 12.1 Å². The zero-order valence-electron chi connectivity index (χ0n) is 9.13. The van der Waals surface area contributed by atoms with Gasteiger partial charge in [0, 0.05) is 25.4 Å². The molecular weight excluding hydrogens is 221 g/mol. The second-order valence-electron chi connectivity index (χ2n) is 3.79. The van der Waals surface area contributed by atoms with E-state index in [1.807, 2.05) is 0 Å². The molecule has 0 spiro atoms. The van der Waals surface area contributed by atoms with Crippen molar-refractivity contribution in [2.75, 3.05) is 5.73 Å². The number of aryl methyl sites for hydroxylation is 1. The monoisotopic (exact) mass is 231 g/mol. The third kappa shape index (κ3) is 1.45. The van der Waals surface area contributed by atoms with Gasteiger partial charge < -0.3 is 5.73 Å². The highest BCUT2D eigenvalue weighted by Gasteiger charge is 2.12. The third-order valence-corrected chi connectivity index (χ3v) is 2.57. The van der Waals surface area contributed by atoms with Crippen LogP contribution >= 0.6 is 0 Å². The van der Waals surface area contributed by atoms with Crippen LogP contribution in [0.2, 0.25) is 0 Å². The minimum absolute atomic E-state index is 0.296. The number of nitrogens with two attached hydrogens (primary N) is 1. The van der Waals surface area contributed by atoms with Gasteiger partial charge >= 0.3 is 0 Å². The fourth-order valence-electron chi connectivity index (χ4n) is 1.83. The molecule has 0 aliphatic rings. The molecule has 3 aromatic rings. The fourth-order valence-corrected chi connectivity index (χ4v) is 1.83. The van der Waals surface area contributed by atoms with Crippen molar-refractivity contribution >= 4 is 17.0 Å². The first kappa shape index (κ1) is 9.83. The molecule has 0 bridgehead atoms. The molecule has 6 heteroatoms. The number of anilines is 1. The summed E-state index contributed by atoms with van der Waals surface area (Å²) in [5.74, 6) is 0.594. The predicted octanol–water partition coefficient (Wildman–Crippen LogP) is 1.48. The van der Waals surface area contributed by atoms with Gasteiger partial charge in [-0.2, -0.15) is 5.10 Å². The molecule has 0 atom stereocenters. The number of nitrogen functional groups attached to an aromatic ring is 1. The summed E-state index contributed by atoms with van der Waals surface area (Å²) in [5, 5.41) is 4.23. The summed E-state index contributed by atoms with van der Waals surface area (Å²) >= 11 is 0. The van der Waals surface area contributed by atoms with E-state index in [0.717, 1.165) is 0 Å². The largest absolute Gasteiger partial charge is 0.369 e. The molecule has 0 radical (unpaired) electrons. The zero-order valence-corrected chi connectivity index (χ0v) is 9.13. The summed E-state index contributed by atoms with van der Waals surface area (Å²) in [6.45, 7) is 0. The van der Waals surface area contributed by atoms with Crippen LogP contribution in [0.3, 0.4) is 0 Å². The second kappa shape index (κ2) is 3.31. The SMILES string of the molecule is Cn1ccc(-n2c(N)nc3ccc(F)cc32)n1. The minimum atomic E-state index is -0.324. The maximum absolute atomic E-state index is 13.2. The summed E-state index contributed by atoms with van der Waals surface area (Å²) < 4.78 is 16.5. The van der Waals surface area contributed by atoms with Crippen LogP contribution in [0.15, 0.2) is 30.5 Å². The number of aromatic nitrogens is 4. The smallest absolute Gasteiger partial charge is 0.207 e. The second-order valence-corrected chi connectivity index (χ2v) is 3.79. The van der Waals surface area contributed by atoms with Crippen LogP contribution in [-0.4, -0.2) is 19.3 Å². The topological polar surface area (TPSA) is 61.7 Å². The Labute approximate surface area is 96.3 Å². The molecule has 0 amide bonds. The van der Waals surface area contributed by atoms with Crippen molar-refractivity contribution in [3.8, 4) is 5.82 Å². The molecule has 1 aromatic carbocycles. The van der Waals surface area contributed by atoms with Gasteiger partial charge in [-0.1, -0.05) is 0 Å². The first-order chi connectivity index (χ1) is 8.15. The van der Waals surface area contributed by atoms with Crippen molar-refractivity contribution in [3.05, 3.63) is 36.3 Å². The summed E-state index contributed by atoms with van der Waals surface area (Å²) in [7, 11) is 1.80. The van der Waals surface area contributed by atoms with Gasteiger partial charge in [-0.15, -0.1) is 0 Å². The molecule has 0 aliphatic carbocycles. The van der Waals surface area contributed by atoms with E-state index < -0.39 is 0 Å². The lowest BCUT2D eigenvalue weighted by Crippen LogP contribution is -2.02. The van der Waals surface area contributed by atoms with Crippen molar-refractivity contribution < 1.29 is 4.39 Å². The fraction of sp³-hybridized carbons (Fsp3) is 0.0909. The number of halogens is 1. The van der Waals surface area contributed by atoms with Crippen LogP contribution < -0.4 is 5.73 Å². The Balaban J connectivity index is 2.34. The Hall–Kier alpha value is -2.37. The van der Waals surface area contributed by atoms with E-state index in [1.54, 1.807) is 34.6 Å². The first-order valence-electron chi connectivity index (χ1n) is 5.08. The molecule has 17 heavy (non-hydrogen) atoms. The third-order valence-electron chi connectivity index (χ3n) is 2.57. The molecule has 0 aliphatic heterocycles. The highest BCUT2D eigenvalue weighted by molar-refractivity contribution is 5.80. The van der Waals surface area contributed by atoms with Crippen LogP contribution in [0.25, 0.3) is 16.9 Å². The Bertz CT molecular complexity index is 697. The quantitative estimate of drug-likeness (QED) is 0.690. The molecule has 2 aromatic heterocycles. The van der Waals surface area contributed by atoms with Gasteiger partial charge in [0.05, 0.1) is 11.0 Å². The zero-order chi connectivity index (χ0) is 12.0. The van der Waals surface area contributed by atoms with Crippen LogP contribution in [0.1, 0.15) is 0 Å². The van der Waals surface area contributed by atoms with Crippen molar-refractivity contribution in [1.29, 1.82) is 0 Å². The van der Waals surface area contributed by atoms with Gasteiger partial charge in [-0.25, -0.2) is 9.37 Å². The summed E-state index contributed by atoms with van der Waals surface area (Å²) in [5.41, 5.74) is 7.08. The van der Waals surface area contributed by atoms with Gasteiger partial charge in [0.25, 0.3) is 0 Å². The van der Waals surface area contributed by atoms with Crippen molar-refractivity contribution in [3.63, 3.8) is 0 Å². The molecule has 3 rings (SSSR count). The average Bonchev–Trinajstić information content (AvgIpc) is 2.81. The molecule has 2 heterocycles. The lowest BCUT2D eigenvalue weighted by molar-refractivity contribution is 0.629. The van der Waals surface area contributed by atoms with E-state index in [2.05, 4.69) is 10.1 Å². The van der Waals surface area contributed by atoms with Gasteiger partial charge in [0.1, 0.15) is 5.82 Å². The molecule has 86 valence electrons. The number of hydrogen-bond acceptors (Lipinski definition) is 3.